The zero-order valence-corrected chi connectivity index (χ0v) is 14.1. The van der Waals surface area contributed by atoms with Crippen molar-refractivity contribution in [2.24, 2.45) is 0 Å². The normalized spacial score (nSPS) is 10.4. The van der Waals surface area contributed by atoms with Crippen LogP contribution in [0.3, 0.4) is 0 Å². The minimum atomic E-state index is -0.350. The molecule has 1 heterocycles. The molecule has 0 bridgehead atoms. The van der Waals surface area contributed by atoms with Crippen LogP contribution in [0, 0.1) is 0 Å². The molecule has 1 aromatic heterocycles. The molecule has 0 aliphatic rings. The minimum absolute atomic E-state index is 0.350. The van der Waals surface area contributed by atoms with Gasteiger partial charge in [0.25, 0.3) is 0 Å². The monoisotopic (exact) mass is 343 g/mol. The number of rotatable bonds is 5. The lowest BCUT2D eigenvalue weighted by atomic mass is 10.3. The van der Waals surface area contributed by atoms with Gasteiger partial charge in [-0.25, -0.2) is 9.78 Å². The summed E-state index contributed by atoms with van der Waals surface area (Å²) in [5.41, 5.74) is 1.41. The number of methoxy groups -OCH3 is 1. The maximum absolute atomic E-state index is 12.1. The van der Waals surface area contributed by atoms with E-state index in [1.165, 1.54) is 11.3 Å². The van der Waals surface area contributed by atoms with Gasteiger partial charge in [-0.15, -0.1) is 0 Å². The molecule has 0 aliphatic carbocycles. The average molecular weight is 343 g/mol. The first kappa shape index (κ1) is 16.1. The largest absolute Gasteiger partial charge is 0.494 e. The molecule has 0 fully saturated rings. The number of nitrogens with one attached hydrogen (secondary N) is 2. The summed E-state index contributed by atoms with van der Waals surface area (Å²) in [6.07, 6.45) is 0. The number of ether oxygens (including phenoxy) is 2. The first-order valence-electron chi connectivity index (χ1n) is 7.44. The highest BCUT2D eigenvalue weighted by Crippen LogP contribution is 2.32. The Morgan fingerprint density at radius 3 is 2.67 bits per heavy atom. The van der Waals surface area contributed by atoms with Crippen LogP contribution in [0.2, 0.25) is 0 Å². The quantitative estimate of drug-likeness (QED) is 0.722. The Balaban J connectivity index is 1.68. The van der Waals surface area contributed by atoms with Gasteiger partial charge in [-0.1, -0.05) is 17.4 Å². The van der Waals surface area contributed by atoms with Crippen LogP contribution in [0.1, 0.15) is 6.92 Å². The van der Waals surface area contributed by atoms with Gasteiger partial charge in [0, 0.05) is 5.69 Å². The Hall–Kier alpha value is -2.80. The molecule has 7 heteroatoms. The van der Waals surface area contributed by atoms with E-state index >= 15 is 0 Å². The molecule has 0 saturated carbocycles. The van der Waals surface area contributed by atoms with Gasteiger partial charge >= 0.3 is 6.03 Å². The molecule has 124 valence electrons. The number of amides is 2. The molecule has 0 unspecified atom stereocenters. The van der Waals surface area contributed by atoms with E-state index in [9.17, 15) is 4.79 Å². The van der Waals surface area contributed by atoms with Gasteiger partial charge in [-0.3, -0.25) is 5.32 Å². The van der Waals surface area contributed by atoms with Crippen molar-refractivity contribution in [3.05, 3.63) is 42.5 Å². The zero-order chi connectivity index (χ0) is 16.9. The molecule has 0 saturated heterocycles. The van der Waals surface area contributed by atoms with Crippen LogP contribution in [-0.4, -0.2) is 24.7 Å². The summed E-state index contributed by atoms with van der Waals surface area (Å²) in [6, 6.07) is 12.5. The fourth-order valence-corrected chi connectivity index (χ4v) is 3.08. The lowest BCUT2D eigenvalue weighted by Crippen LogP contribution is -2.19. The molecule has 2 amide bonds. The number of benzene rings is 2. The molecule has 2 N–H and O–H groups in total. The Morgan fingerprint density at radius 1 is 1.17 bits per heavy atom. The highest BCUT2D eigenvalue weighted by atomic mass is 32.1. The molecule has 3 aromatic rings. The molecule has 24 heavy (non-hydrogen) atoms. The van der Waals surface area contributed by atoms with Crippen molar-refractivity contribution in [3.63, 3.8) is 0 Å². The van der Waals surface area contributed by atoms with Crippen molar-refractivity contribution in [2.45, 2.75) is 6.92 Å². The fraction of sp³-hybridized carbons (Fsp3) is 0.176. The molecule has 0 spiro atoms. The number of hydrogen-bond donors (Lipinski definition) is 2. The van der Waals surface area contributed by atoms with Gasteiger partial charge in [-0.05, 0) is 43.3 Å². The summed E-state index contributed by atoms with van der Waals surface area (Å²) in [5.74, 6) is 1.45. The van der Waals surface area contributed by atoms with Crippen molar-refractivity contribution in [1.29, 1.82) is 0 Å². The van der Waals surface area contributed by atoms with Gasteiger partial charge in [0.15, 0.2) is 5.13 Å². The van der Waals surface area contributed by atoms with Crippen molar-refractivity contribution in [1.82, 2.24) is 4.98 Å². The lowest BCUT2D eigenvalue weighted by Gasteiger charge is -2.07. The summed E-state index contributed by atoms with van der Waals surface area (Å²) in [4.78, 5) is 16.5. The maximum atomic E-state index is 12.1. The van der Waals surface area contributed by atoms with Gasteiger partial charge in [0.05, 0.1) is 18.4 Å². The number of hydrogen-bond acceptors (Lipinski definition) is 5. The van der Waals surface area contributed by atoms with Gasteiger partial charge in [0.2, 0.25) is 0 Å². The van der Waals surface area contributed by atoms with E-state index < -0.39 is 0 Å². The van der Waals surface area contributed by atoms with E-state index in [-0.39, 0.29) is 6.03 Å². The number of nitrogens with zero attached hydrogens (tertiary/aromatic N) is 1. The highest BCUT2D eigenvalue weighted by Gasteiger charge is 2.11. The van der Waals surface area contributed by atoms with E-state index in [1.807, 2.05) is 37.3 Å². The fourth-order valence-electron chi connectivity index (χ4n) is 2.20. The number of aromatic nitrogens is 1. The minimum Gasteiger partial charge on any atom is -0.494 e. The summed E-state index contributed by atoms with van der Waals surface area (Å²) in [5, 5.41) is 6.02. The number of urea groups is 1. The Kier molecular flexibility index (Phi) is 4.81. The van der Waals surface area contributed by atoms with Crippen LogP contribution in [0.25, 0.3) is 10.2 Å². The number of carbonyl (C=O) groups excluding carboxylic acids is 1. The zero-order valence-electron chi connectivity index (χ0n) is 13.3. The van der Waals surface area contributed by atoms with Crippen molar-refractivity contribution in [2.75, 3.05) is 24.4 Å². The van der Waals surface area contributed by atoms with Crippen LogP contribution in [0.5, 0.6) is 11.5 Å². The summed E-state index contributed by atoms with van der Waals surface area (Å²) in [7, 11) is 1.60. The van der Waals surface area contributed by atoms with Gasteiger partial charge in [-0.2, -0.15) is 0 Å². The number of fused-ring (bicyclic) bond motifs is 1. The van der Waals surface area contributed by atoms with Gasteiger partial charge in [0.1, 0.15) is 17.0 Å². The molecular weight excluding hydrogens is 326 g/mol. The predicted octanol–water partition coefficient (Wildman–Crippen LogP) is 4.35. The second-order valence-corrected chi connectivity index (χ2v) is 5.89. The first-order valence-corrected chi connectivity index (χ1v) is 8.25. The molecule has 0 atom stereocenters. The first-order chi connectivity index (χ1) is 11.7. The second kappa shape index (κ2) is 7.18. The van der Waals surface area contributed by atoms with Crippen LogP contribution >= 0.6 is 11.3 Å². The highest BCUT2D eigenvalue weighted by molar-refractivity contribution is 7.22. The van der Waals surface area contributed by atoms with Crippen molar-refractivity contribution in [3.8, 4) is 11.5 Å². The third-order valence-electron chi connectivity index (χ3n) is 3.25. The molecule has 0 aliphatic heterocycles. The molecule has 0 radical (unpaired) electrons. The number of para-hydroxylation sites is 1. The van der Waals surface area contributed by atoms with Gasteiger partial charge < -0.3 is 14.8 Å². The summed E-state index contributed by atoms with van der Waals surface area (Å²) in [6.45, 7) is 2.53. The SMILES string of the molecule is CCOc1ccc(NC(=O)Nc2nc3c(OC)cccc3s2)cc1. The predicted molar refractivity (Wildman–Crippen MR) is 96.4 cm³/mol. The molecular formula is C17H17N3O3S. The maximum Gasteiger partial charge on any atom is 0.325 e. The third kappa shape index (κ3) is 3.57. The van der Waals surface area contributed by atoms with Crippen LogP contribution < -0.4 is 20.1 Å². The summed E-state index contributed by atoms with van der Waals surface area (Å²) >= 11 is 1.39. The van der Waals surface area contributed by atoms with Crippen LogP contribution in [0.4, 0.5) is 15.6 Å². The Bertz CT molecular complexity index is 846. The van der Waals surface area contributed by atoms with Crippen molar-refractivity contribution >= 4 is 38.4 Å². The van der Waals surface area contributed by atoms with Crippen molar-refractivity contribution < 1.29 is 14.3 Å². The van der Waals surface area contributed by atoms with E-state index in [2.05, 4.69) is 15.6 Å². The summed E-state index contributed by atoms with van der Waals surface area (Å²) < 4.78 is 11.6. The standard InChI is InChI=1S/C17H17N3O3S/c1-3-23-12-9-7-11(8-10-12)18-16(21)20-17-19-15-13(22-2)5-4-6-14(15)24-17/h4-10H,3H2,1-2H3,(H2,18,19,20,21). The number of carbonyl (C=O) groups is 1. The van der Waals surface area contributed by atoms with E-state index in [1.54, 1.807) is 19.2 Å². The molecule has 2 aromatic carbocycles. The second-order valence-electron chi connectivity index (χ2n) is 4.86. The Morgan fingerprint density at radius 2 is 1.96 bits per heavy atom. The van der Waals surface area contributed by atoms with E-state index in [0.717, 1.165) is 16.0 Å². The van der Waals surface area contributed by atoms with Crippen LogP contribution in [0.15, 0.2) is 42.5 Å². The smallest absolute Gasteiger partial charge is 0.325 e. The van der Waals surface area contributed by atoms with E-state index in [4.69, 9.17) is 9.47 Å². The number of anilines is 2. The van der Waals surface area contributed by atoms with Crippen LogP contribution in [-0.2, 0) is 0 Å². The average Bonchev–Trinajstić information content (AvgIpc) is 2.99. The molecule has 3 rings (SSSR count). The molecule has 6 nitrogen and oxygen atoms in total. The topological polar surface area (TPSA) is 72.5 Å². The Labute approximate surface area is 143 Å². The number of thiazole rings is 1. The lowest BCUT2D eigenvalue weighted by molar-refractivity contribution is 0.262. The van der Waals surface area contributed by atoms with E-state index in [0.29, 0.717) is 23.2 Å². The third-order valence-corrected chi connectivity index (χ3v) is 4.18.